The normalized spacial score (nSPS) is 29.5. The molecule has 0 saturated carbocycles. The molecule has 0 spiro atoms. The van der Waals surface area contributed by atoms with E-state index in [1.165, 1.54) is 6.26 Å². The lowest BCUT2D eigenvalue weighted by Crippen LogP contribution is -2.45. The van der Waals surface area contributed by atoms with Crippen LogP contribution in [0.15, 0.2) is 0 Å². The fourth-order valence-electron chi connectivity index (χ4n) is 2.35. The third-order valence-corrected chi connectivity index (χ3v) is 5.96. The van der Waals surface area contributed by atoms with Gasteiger partial charge in [0.25, 0.3) is 0 Å². The molecule has 1 aliphatic heterocycles. The third-order valence-electron chi connectivity index (χ3n) is 3.30. The highest BCUT2D eigenvalue weighted by Gasteiger charge is 2.46. The smallest absolute Gasteiger partial charge is 0.198 e. The molecule has 0 amide bonds. The van der Waals surface area contributed by atoms with E-state index < -0.39 is 19.9 Å². The molecule has 1 heterocycles. The SMILES string of the molecule is CC1(C)CC(CSS(C)(=O)=O)C(C)(C)N1[O-]. The van der Waals surface area contributed by atoms with E-state index in [0.29, 0.717) is 5.75 Å². The Balaban J connectivity index is 2.77. The van der Waals surface area contributed by atoms with Crippen molar-refractivity contribution < 1.29 is 8.42 Å². The van der Waals surface area contributed by atoms with E-state index in [1.807, 2.05) is 27.7 Å². The molecular weight excluding hydrogens is 246 g/mol. The highest BCUT2D eigenvalue weighted by atomic mass is 33.1. The second kappa shape index (κ2) is 4.15. The van der Waals surface area contributed by atoms with Crippen molar-refractivity contribution in [3.05, 3.63) is 5.21 Å². The summed E-state index contributed by atoms with van der Waals surface area (Å²) in [5, 5.41) is 13.2. The van der Waals surface area contributed by atoms with Crippen molar-refractivity contribution in [1.29, 1.82) is 0 Å². The Morgan fingerprint density at radius 2 is 1.88 bits per heavy atom. The Bertz CT molecular complexity index is 362. The van der Waals surface area contributed by atoms with Crippen molar-refractivity contribution in [1.82, 2.24) is 5.06 Å². The molecule has 1 atom stereocenters. The maximum atomic E-state index is 12.0. The molecule has 1 saturated heterocycles. The van der Waals surface area contributed by atoms with Gasteiger partial charge in [0.1, 0.15) is 0 Å². The van der Waals surface area contributed by atoms with Crippen LogP contribution in [0.5, 0.6) is 0 Å². The van der Waals surface area contributed by atoms with Crippen molar-refractivity contribution in [2.45, 2.75) is 45.2 Å². The first-order chi connectivity index (χ1) is 6.97. The highest BCUT2D eigenvalue weighted by Crippen LogP contribution is 2.45. The Morgan fingerprint density at radius 3 is 2.19 bits per heavy atom. The lowest BCUT2D eigenvalue weighted by Gasteiger charge is -2.47. The Hall–Kier alpha value is 0.220. The van der Waals surface area contributed by atoms with Gasteiger partial charge in [0.15, 0.2) is 8.87 Å². The fourth-order valence-corrected chi connectivity index (χ4v) is 4.52. The zero-order valence-corrected chi connectivity index (χ0v) is 12.1. The Kier molecular flexibility index (Phi) is 3.71. The predicted molar refractivity (Wildman–Crippen MR) is 68.8 cm³/mol. The van der Waals surface area contributed by atoms with Crippen molar-refractivity contribution in [2.75, 3.05) is 12.0 Å². The standard InChI is InChI=1S/C10H20NO3S2/c1-9(2)6-8(7-15-16(5,13)14)10(3,4)11(9)12/h8H,6-7H2,1-5H3/q-1. The minimum absolute atomic E-state index is 0.111. The van der Waals surface area contributed by atoms with E-state index in [0.717, 1.165) is 22.3 Å². The average Bonchev–Trinajstić information content (AvgIpc) is 2.22. The van der Waals surface area contributed by atoms with Crippen molar-refractivity contribution >= 4 is 19.7 Å². The minimum atomic E-state index is -3.02. The van der Waals surface area contributed by atoms with Gasteiger partial charge in [-0.05, 0) is 50.8 Å². The van der Waals surface area contributed by atoms with Crippen LogP contribution in [0.25, 0.3) is 0 Å². The van der Waals surface area contributed by atoms with Crippen LogP contribution < -0.4 is 0 Å². The quantitative estimate of drug-likeness (QED) is 0.732. The predicted octanol–water partition coefficient (Wildman–Crippen LogP) is 2.06. The lowest BCUT2D eigenvalue weighted by atomic mass is 9.89. The number of hydrogen-bond acceptors (Lipinski definition) is 5. The largest absolute Gasteiger partial charge is 0.784 e. The Labute approximate surface area is 102 Å². The first-order valence-corrected chi connectivity index (χ1v) is 8.68. The summed E-state index contributed by atoms with van der Waals surface area (Å²) < 4.78 is 22.2. The number of nitrogens with zero attached hydrogens (tertiary/aromatic N) is 1. The summed E-state index contributed by atoms with van der Waals surface area (Å²) in [5.41, 5.74) is -0.882. The Morgan fingerprint density at radius 1 is 1.38 bits per heavy atom. The molecule has 1 aliphatic rings. The van der Waals surface area contributed by atoms with Crippen LogP contribution in [0, 0.1) is 11.1 Å². The molecule has 0 N–H and O–H groups in total. The summed E-state index contributed by atoms with van der Waals surface area (Å²) in [6, 6.07) is 0. The number of hydroxylamine groups is 2. The van der Waals surface area contributed by atoms with Crippen LogP contribution in [0.2, 0.25) is 0 Å². The molecule has 0 aromatic carbocycles. The van der Waals surface area contributed by atoms with E-state index in [2.05, 4.69) is 0 Å². The van der Waals surface area contributed by atoms with Crippen molar-refractivity contribution in [3.8, 4) is 0 Å². The van der Waals surface area contributed by atoms with E-state index in [9.17, 15) is 13.6 Å². The molecule has 0 radical (unpaired) electrons. The van der Waals surface area contributed by atoms with Crippen LogP contribution in [0.3, 0.4) is 0 Å². The van der Waals surface area contributed by atoms with Gasteiger partial charge in [0.2, 0.25) is 0 Å². The van der Waals surface area contributed by atoms with Gasteiger partial charge >= 0.3 is 0 Å². The zero-order chi connectivity index (χ0) is 12.8. The molecule has 1 unspecified atom stereocenters. The van der Waals surface area contributed by atoms with Gasteiger partial charge in [-0.2, -0.15) is 0 Å². The van der Waals surface area contributed by atoms with Crippen LogP contribution in [0.4, 0.5) is 0 Å². The maximum Gasteiger partial charge on any atom is 0.198 e. The molecule has 0 aromatic rings. The molecular formula is C10H20NO3S2-. The number of hydrogen-bond donors (Lipinski definition) is 0. The van der Waals surface area contributed by atoms with Crippen LogP contribution >= 0.6 is 10.8 Å². The van der Waals surface area contributed by atoms with Gasteiger partial charge in [-0.3, -0.25) is 0 Å². The van der Waals surface area contributed by atoms with Gasteiger partial charge in [0, 0.05) is 23.1 Å². The average molecular weight is 266 g/mol. The summed E-state index contributed by atoms with van der Waals surface area (Å²) >= 11 is 0. The maximum absolute atomic E-state index is 12.0. The minimum Gasteiger partial charge on any atom is -0.784 e. The summed E-state index contributed by atoms with van der Waals surface area (Å²) in [6.07, 6.45) is 1.95. The van der Waals surface area contributed by atoms with E-state index in [1.54, 1.807) is 0 Å². The van der Waals surface area contributed by atoms with Gasteiger partial charge in [-0.25, -0.2) is 8.42 Å². The molecule has 4 nitrogen and oxygen atoms in total. The molecule has 16 heavy (non-hydrogen) atoms. The molecule has 0 aromatic heterocycles. The molecule has 0 bridgehead atoms. The second-order valence-electron chi connectivity index (χ2n) is 5.65. The first-order valence-electron chi connectivity index (χ1n) is 5.29. The van der Waals surface area contributed by atoms with Gasteiger partial charge in [0.05, 0.1) is 0 Å². The molecule has 1 fully saturated rings. The third kappa shape index (κ3) is 2.91. The molecule has 0 aliphatic carbocycles. The first kappa shape index (κ1) is 14.3. The monoisotopic (exact) mass is 266 g/mol. The zero-order valence-electron chi connectivity index (χ0n) is 10.5. The van der Waals surface area contributed by atoms with Crippen molar-refractivity contribution in [2.24, 2.45) is 5.92 Å². The van der Waals surface area contributed by atoms with Crippen LogP contribution in [-0.2, 0) is 8.87 Å². The molecule has 6 heteroatoms. The van der Waals surface area contributed by atoms with Gasteiger partial charge in [-0.1, -0.05) is 0 Å². The van der Waals surface area contributed by atoms with Gasteiger partial charge in [-0.15, -0.1) is 0 Å². The fraction of sp³-hybridized carbons (Fsp3) is 1.00. The second-order valence-corrected chi connectivity index (χ2v) is 10.2. The van der Waals surface area contributed by atoms with E-state index in [-0.39, 0.29) is 5.92 Å². The van der Waals surface area contributed by atoms with E-state index in [4.69, 9.17) is 0 Å². The van der Waals surface area contributed by atoms with Crippen LogP contribution in [-0.4, -0.2) is 36.6 Å². The van der Waals surface area contributed by atoms with Gasteiger partial charge < -0.3 is 10.3 Å². The highest BCUT2D eigenvalue weighted by molar-refractivity contribution is 8.71. The molecule has 1 rings (SSSR count). The number of rotatable bonds is 3. The van der Waals surface area contributed by atoms with Crippen LogP contribution in [0.1, 0.15) is 34.1 Å². The molecule has 96 valence electrons. The summed E-state index contributed by atoms with van der Waals surface area (Å²) in [5.74, 6) is 0.605. The lowest BCUT2D eigenvalue weighted by molar-refractivity contribution is 0.132. The summed E-state index contributed by atoms with van der Waals surface area (Å²) in [6.45, 7) is 7.60. The van der Waals surface area contributed by atoms with Crippen molar-refractivity contribution in [3.63, 3.8) is 0 Å². The topological polar surface area (TPSA) is 60.4 Å². The van der Waals surface area contributed by atoms with E-state index >= 15 is 0 Å². The summed E-state index contributed by atoms with van der Waals surface area (Å²) in [7, 11) is -2.08. The summed E-state index contributed by atoms with van der Waals surface area (Å²) in [4.78, 5) is 0.